The van der Waals surface area contributed by atoms with Gasteiger partial charge >= 0.3 is 0 Å². The number of carbonyl (C=O) groups excluding carboxylic acids is 1. The maximum atomic E-state index is 14.2. The number of Topliss-reactive ketones (excluding diaryl/α,β-unsaturated/α-hetero) is 1. The largest absolute Gasteiger partial charge is 0.296 e. The zero-order valence-electron chi connectivity index (χ0n) is 22.3. The lowest BCUT2D eigenvalue weighted by Gasteiger charge is -2.43. The Morgan fingerprint density at radius 1 is 0.846 bits per heavy atom. The Morgan fingerprint density at radius 2 is 1.46 bits per heavy atom. The molecule has 198 valence electrons. The number of likely N-dealkylation sites (tertiary alicyclic amines) is 1. The summed E-state index contributed by atoms with van der Waals surface area (Å²) in [6, 6.07) is 37.1. The molecule has 2 aliphatic heterocycles. The fourth-order valence-electron chi connectivity index (χ4n) is 6.23. The van der Waals surface area contributed by atoms with Crippen LogP contribution in [0.25, 0.3) is 0 Å². The number of hydrogen-bond donors (Lipinski definition) is 0. The van der Waals surface area contributed by atoms with Gasteiger partial charge in [-0.3, -0.25) is 14.5 Å². The molecule has 4 atom stereocenters. The molecule has 2 saturated heterocycles. The standard InChI is InChI=1S/C34H33ClN2O2/c1-24-13-15-28(16-14-24)33-32(27-17-19-29(35)20-18-27)34(39-37(33)30-11-7-4-8-12-30)23-36(22-21-31(34)38)25(2)26-9-5-3-6-10-26/h3-20,25,32-33H,21-23H2,1-2H3/t25?,32-,33-,34?/m1/s1. The molecule has 0 N–H and O–H groups in total. The highest BCUT2D eigenvalue weighted by Crippen LogP contribution is 2.55. The fraction of sp³-hybridized carbons (Fsp3) is 0.265. The normalized spacial score (nSPS) is 24.3. The zero-order valence-corrected chi connectivity index (χ0v) is 23.1. The number of para-hydroxylation sites is 1. The molecule has 4 aromatic carbocycles. The number of aryl methyl sites for hydroxylation is 1. The zero-order chi connectivity index (χ0) is 27.0. The van der Waals surface area contributed by atoms with Gasteiger partial charge in [0.15, 0.2) is 11.4 Å². The molecule has 0 aromatic heterocycles. The Bertz CT molecular complexity index is 1430. The Kier molecular flexibility index (Phi) is 7.03. The van der Waals surface area contributed by atoms with Crippen LogP contribution in [0.1, 0.15) is 53.6 Å². The van der Waals surface area contributed by atoms with Crippen LogP contribution in [-0.4, -0.2) is 29.4 Å². The van der Waals surface area contributed by atoms with E-state index in [9.17, 15) is 4.79 Å². The summed E-state index contributed by atoms with van der Waals surface area (Å²) in [5.41, 5.74) is 4.46. The first kappa shape index (κ1) is 25.8. The van der Waals surface area contributed by atoms with Gasteiger partial charge in [-0.2, -0.15) is 0 Å². The lowest BCUT2D eigenvalue weighted by Crippen LogP contribution is -2.58. The lowest BCUT2D eigenvalue weighted by molar-refractivity contribution is -0.151. The molecule has 0 saturated carbocycles. The summed E-state index contributed by atoms with van der Waals surface area (Å²) >= 11 is 6.34. The number of carbonyl (C=O) groups is 1. The SMILES string of the molecule is Cc1ccc([C@@H]2[C@@H](c3ccc(Cl)cc3)C3(CN(C(C)c4ccccc4)CCC3=O)ON2c2ccccc2)cc1. The van der Waals surface area contributed by atoms with Gasteiger partial charge in [0.2, 0.25) is 0 Å². The van der Waals surface area contributed by atoms with Gasteiger partial charge in [0.25, 0.3) is 0 Å². The molecule has 0 radical (unpaired) electrons. The van der Waals surface area contributed by atoms with Crippen LogP contribution in [0.2, 0.25) is 5.02 Å². The minimum absolute atomic E-state index is 0.147. The Labute approximate surface area is 235 Å². The van der Waals surface area contributed by atoms with Crippen molar-refractivity contribution in [2.75, 3.05) is 18.2 Å². The third kappa shape index (κ3) is 4.78. The minimum Gasteiger partial charge on any atom is -0.296 e. The summed E-state index contributed by atoms with van der Waals surface area (Å²) in [7, 11) is 0. The van der Waals surface area contributed by atoms with Crippen LogP contribution < -0.4 is 5.06 Å². The van der Waals surface area contributed by atoms with E-state index in [1.54, 1.807) is 0 Å². The molecule has 0 amide bonds. The Balaban J connectivity index is 1.51. The molecule has 2 heterocycles. The first-order valence-corrected chi connectivity index (χ1v) is 14.0. The highest BCUT2D eigenvalue weighted by atomic mass is 35.5. The molecule has 2 fully saturated rings. The molecule has 39 heavy (non-hydrogen) atoms. The van der Waals surface area contributed by atoms with Crippen LogP contribution in [0.4, 0.5) is 5.69 Å². The van der Waals surface area contributed by atoms with Gasteiger partial charge in [-0.05, 0) is 54.8 Å². The molecule has 5 heteroatoms. The van der Waals surface area contributed by atoms with E-state index in [4.69, 9.17) is 16.4 Å². The van der Waals surface area contributed by atoms with E-state index in [1.165, 1.54) is 11.1 Å². The first-order valence-electron chi connectivity index (χ1n) is 13.6. The summed E-state index contributed by atoms with van der Waals surface area (Å²) in [6.07, 6.45) is 0.435. The summed E-state index contributed by atoms with van der Waals surface area (Å²) in [4.78, 5) is 23.6. The van der Waals surface area contributed by atoms with E-state index < -0.39 is 5.60 Å². The summed E-state index contributed by atoms with van der Waals surface area (Å²) in [6.45, 7) is 5.52. The number of piperidine rings is 1. The first-order chi connectivity index (χ1) is 19.0. The maximum absolute atomic E-state index is 14.2. The molecule has 2 aliphatic rings. The van der Waals surface area contributed by atoms with Crippen molar-refractivity contribution in [1.82, 2.24) is 4.90 Å². The number of benzene rings is 4. The Hall–Kier alpha value is -3.44. The number of halogens is 1. The van der Waals surface area contributed by atoms with E-state index in [0.717, 1.165) is 16.8 Å². The molecule has 4 nitrogen and oxygen atoms in total. The molecular formula is C34H33ClN2O2. The van der Waals surface area contributed by atoms with Crippen LogP contribution >= 0.6 is 11.6 Å². The molecule has 0 aliphatic carbocycles. The van der Waals surface area contributed by atoms with Crippen LogP contribution in [0.5, 0.6) is 0 Å². The molecule has 2 unspecified atom stereocenters. The van der Waals surface area contributed by atoms with Gasteiger partial charge in [-0.1, -0.05) is 102 Å². The van der Waals surface area contributed by atoms with Crippen molar-refractivity contribution in [1.29, 1.82) is 0 Å². The van der Waals surface area contributed by atoms with Gasteiger partial charge < -0.3 is 0 Å². The molecule has 6 rings (SSSR count). The summed E-state index contributed by atoms with van der Waals surface area (Å²) < 4.78 is 0. The van der Waals surface area contributed by atoms with Crippen molar-refractivity contribution in [3.63, 3.8) is 0 Å². The average Bonchev–Trinajstić information content (AvgIpc) is 3.31. The quantitative estimate of drug-likeness (QED) is 0.261. The van der Waals surface area contributed by atoms with E-state index >= 15 is 0 Å². The van der Waals surface area contributed by atoms with Crippen molar-refractivity contribution in [2.24, 2.45) is 0 Å². The minimum atomic E-state index is -1.06. The third-order valence-corrected chi connectivity index (χ3v) is 8.61. The van der Waals surface area contributed by atoms with Gasteiger partial charge in [-0.25, -0.2) is 5.06 Å². The summed E-state index contributed by atoms with van der Waals surface area (Å²) in [5.74, 6) is -0.0922. The van der Waals surface area contributed by atoms with Gasteiger partial charge in [0, 0.05) is 30.6 Å². The molecule has 0 bridgehead atoms. The van der Waals surface area contributed by atoms with Crippen molar-refractivity contribution >= 4 is 23.1 Å². The smallest absolute Gasteiger partial charge is 0.176 e. The second-order valence-electron chi connectivity index (χ2n) is 10.8. The van der Waals surface area contributed by atoms with Crippen molar-refractivity contribution < 1.29 is 9.63 Å². The number of ketones is 1. The topological polar surface area (TPSA) is 32.8 Å². The lowest BCUT2D eigenvalue weighted by atomic mass is 9.71. The second-order valence-corrected chi connectivity index (χ2v) is 11.2. The molecular weight excluding hydrogens is 504 g/mol. The van der Waals surface area contributed by atoms with Crippen LogP contribution in [0.15, 0.2) is 109 Å². The van der Waals surface area contributed by atoms with Crippen LogP contribution in [-0.2, 0) is 9.63 Å². The fourth-order valence-corrected chi connectivity index (χ4v) is 6.36. The van der Waals surface area contributed by atoms with Crippen LogP contribution in [0, 0.1) is 6.92 Å². The highest BCUT2D eigenvalue weighted by molar-refractivity contribution is 6.30. The average molecular weight is 537 g/mol. The predicted octanol–water partition coefficient (Wildman–Crippen LogP) is 7.70. The van der Waals surface area contributed by atoms with E-state index in [2.05, 4.69) is 91.5 Å². The van der Waals surface area contributed by atoms with Gasteiger partial charge in [-0.15, -0.1) is 0 Å². The van der Waals surface area contributed by atoms with Crippen LogP contribution in [0.3, 0.4) is 0 Å². The molecule has 1 spiro atoms. The van der Waals surface area contributed by atoms with E-state index in [0.29, 0.717) is 24.5 Å². The van der Waals surface area contributed by atoms with Crippen molar-refractivity contribution in [3.05, 3.63) is 136 Å². The third-order valence-electron chi connectivity index (χ3n) is 8.36. The van der Waals surface area contributed by atoms with E-state index in [-0.39, 0.29) is 23.8 Å². The Morgan fingerprint density at radius 3 is 2.13 bits per heavy atom. The monoisotopic (exact) mass is 536 g/mol. The summed E-state index contributed by atoms with van der Waals surface area (Å²) in [5, 5.41) is 2.66. The second kappa shape index (κ2) is 10.6. The van der Waals surface area contributed by atoms with Gasteiger partial charge in [0.05, 0.1) is 17.6 Å². The van der Waals surface area contributed by atoms with Crippen molar-refractivity contribution in [2.45, 2.75) is 43.9 Å². The number of hydrogen-bond acceptors (Lipinski definition) is 4. The number of rotatable bonds is 5. The van der Waals surface area contributed by atoms with Gasteiger partial charge in [0.1, 0.15) is 0 Å². The molecule has 4 aromatic rings. The van der Waals surface area contributed by atoms with Crippen molar-refractivity contribution in [3.8, 4) is 0 Å². The number of anilines is 1. The number of nitrogens with zero attached hydrogens (tertiary/aromatic N) is 2. The maximum Gasteiger partial charge on any atom is 0.176 e. The number of hydroxylamine groups is 1. The predicted molar refractivity (Wildman–Crippen MR) is 157 cm³/mol. The van der Waals surface area contributed by atoms with E-state index in [1.807, 2.05) is 41.5 Å². The highest BCUT2D eigenvalue weighted by Gasteiger charge is 2.61.